The summed E-state index contributed by atoms with van der Waals surface area (Å²) in [4.78, 5) is 26.4. The number of nitrogens with zero attached hydrogens (tertiary/aromatic N) is 1. The molecule has 0 aliphatic heterocycles. The predicted octanol–water partition coefficient (Wildman–Crippen LogP) is 3.20. The van der Waals surface area contributed by atoms with E-state index in [0.29, 0.717) is 24.5 Å². The van der Waals surface area contributed by atoms with Gasteiger partial charge in [-0.3, -0.25) is 9.59 Å². The summed E-state index contributed by atoms with van der Waals surface area (Å²) in [6.07, 6.45) is 3.78. The van der Waals surface area contributed by atoms with Crippen LogP contribution in [0.4, 0.5) is 5.69 Å². The number of likely N-dealkylation sites (N-methyl/N-ethyl adjacent to an activating group) is 1. The molecule has 1 aromatic carbocycles. The number of halogens is 1. The summed E-state index contributed by atoms with van der Waals surface area (Å²) >= 11 is 0. The van der Waals surface area contributed by atoms with Crippen LogP contribution in [0.3, 0.4) is 0 Å². The molecule has 0 heterocycles. The van der Waals surface area contributed by atoms with Crippen molar-refractivity contribution in [1.82, 2.24) is 4.90 Å². The van der Waals surface area contributed by atoms with Crippen molar-refractivity contribution in [1.29, 1.82) is 0 Å². The van der Waals surface area contributed by atoms with E-state index in [9.17, 15) is 9.59 Å². The van der Waals surface area contributed by atoms with Crippen LogP contribution in [0.2, 0.25) is 0 Å². The zero-order valence-electron chi connectivity index (χ0n) is 16.5. The van der Waals surface area contributed by atoms with Gasteiger partial charge >= 0.3 is 0 Å². The Bertz CT molecular complexity index is 633. The molecular weight excluding hydrogens is 366 g/mol. The normalized spacial score (nSPS) is 21.7. The number of nitrogens with two attached hydrogens (primary N) is 1. The van der Waals surface area contributed by atoms with Gasteiger partial charge in [-0.05, 0) is 45.7 Å². The number of amides is 2. The minimum Gasteiger partial charge on any atom is -0.484 e. The second kappa shape index (κ2) is 10.5. The van der Waals surface area contributed by atoms with E-state index in [4.69, 9.17) is 10.5 Å². The van der Waals surface area contributed by atoms with Crippen LogP contribution in [0.1, 0.15) is 46.5 Å². The average Bonchev–Trinajstić information content (AvgIpc) is 2.61. The molecule has 0 radical (unpaired) electrons. The van der Waals surface area contributed by atoms with Gasteiger partial charge in [-0.2, -0.15) is 0 Å². The summed E-state index contributed by atoms with van der Waals surface area (Å²) < 4.78 is 5.59. The maximum absolute atomic E-state index is 12.6. The molecule has 27 heavy (non-hydrogen) atoms. The van der Waals surface area contributed by atoms with Crippen molar-refractivity contribution in [2.45, 2.75) is 52.0 Å². The molecule has 152 valence electrons. The molecular formula is C20H32ClN3O3. The Labute approximate surface area is 168 Å². The molecule has 1 aromatic rings. The smallest absolute Gasteiger partial charge is 0.260 e. The number of carbonyl (C=O) groups excluding carboxylic acids is 2. The Morgan fingerprint density at radius 2 is 2.00 bits per heavy atom. The first-order valence-electron chi connectivity index (χ1n) is 9.47. The molecule has 7 heteroatoms. The minimum absolute atomic E-state index is 0. The van der Waals surface area contributed by atoms with Crippen LogP contribution in [0.15, 0.2) is 24.3 Å². The minimum atomic E-state index is -0.466. The van der Waals surface area contributed by atoms with Gasteiger partial charge in [0.05, 0.1) is 5.92 Å². The van der Waals surface area contributed by atoms with E-state index < -0.39 is 5.54 Å². The maximum atomic E-state index is 12.6. The number of carbonyl (C=O) groups is 2. The molecule has 1 aliphatic carbocycles. The number of anilines is 1. The molecule has 2 atom stereocenters. The topological polar surface area (TPSA) is 84.7 Å². The number of benzene rings is 1. The van der Waals surface area contributed by atoms with Crippen molar-refractivity contribution >= 4 is 29.9 Å². The van der Waals surface area contributed by atoms with Crippen LogP contribution < -0.4 is 15.8 Å². The highest BCUT2D eigenvalue weighted by Crippen LogP contribution is 2.32. The molecule has 2 amide bonds. The lowest BCUT2D eigenvalue weighted by atomic mass is 9.74. The van der Waals surface area contributed by atoms with Crippen LogP contribution in [0.5, 0.6) is 5.75 Å². The van der Waals surface area contributed by atoms with Gasteiger partial charge in [-0.1, -0.05) is 18.9 Å². The first-order valence-corrected chi connectivity index (χ1v) is 9.47. The molecule has 1 saturated carbocycles. The summed E-state index contributed by atoms with van der Waals surface area (Å²) in [5.41, 5.74) is 6.51. The van der Waals surface area contributed by atoms with Gasteiger partial charge in [-0.15, -0.1) is 12.4 Å². The van der Waals surface area contributed by atoms with Crippen LogP contribution in [0, 0.1) is 5.92 Å². The van der Waals surface area contributed by atoms with Gasteiger partial charge in [0.1, 0.15) is 5.75 Å². The monoisotopic (exact) mass is 397 g/mol. The third kappa shape index (κ3) is 6.40. The van der Waals surface area contributed by atoms with Crippen molar-refractivity contribution in [2.75, 3.05) is 25.0 Å². The van der Waals surface area contributed by atoms with Gasteiger partial charge in [-0.25, -0.2) is 0 Å². The van der Waals surface area contributed by atoms with E-state index in [0.717, 1.165) is 25.7 Å². The number of ether oxygens (including phenoxy) is 1. The summed E-state index contributed by atoms with van der Waals surface area (Å²) in [7, 11) is 0. The van der Waals surface area contributed by atoms with Gasteiger partial charge < -0.3 is 20.7 Å². The summed E-state index contributed by atoms with van der Waals surface area (Å²) in [6, 6.07) is 7.13. The van der Waals surface area contributed by atoms with Crippen molar-refractivity contribution in [2.24, 2.45) is 11.7 Å². The van der Waals surface area contributed by atoms with Crippen molar-refractivity contribution in [3.63, 3.8) is 0 Å². The largest absolute Gasteiger partial charge is 0.484 e. The number of hydrogen-bond donors (Lipinski definition) is 2. The van der Waals surface area contributed by atoms with Gasteiger partial charge in [0.15, 0.2) is 6.61 Å². The molecule has 1 fully saturated rings. The van der Waals surface area contributed by atoms with Crippen LogP contribution in [0.25, 0.3) is 0 Å². The van der Waals surface area contributed by atoms with E-state index in [-0.39, 0.29) is 36.7 Å². The van der Waals surface area contributed by atoms with Gasteiger partial charge in [0.2, 0.25) is 5.91 Å². The van der Waals surface area contributed by atoms with E-state index in [1.807, 2.05) is 26.8 Å². The predicted molar refractivity (Wildman–Crippen MR) is 110 cm³/mol. The standard InChI is InChI=1S/C20H31N3O3.ClH/c1-4-23(5-2)18(24)14-26-16-10-8-9-15(13-16)22-19(25)17-11-6-7-12-20(17,3)21;/h8-10,13,17H,4-7,11-12,14,21H2,1-3H3,(H,22,25);1H. The molecule has 0 saturated heterocycles. The SMILES string of the molecule is CCN(CC)C(=O)COc1cccc(NC(=O)C2CCCCC2(C)N)c1.Cl. The van der Waals surface area contributed by atoms with E-state index in [1.54, 1.807) is 23.1 Å². The quantitative estimate of drug-likeness (QED) is 0.739. The third-order valence-corrected chi connectivity index (χ3v) is 5.15. The van der Waals surface area contributed by atoms with Crippen molar-refractivity contribution < 1.29 is 14.3 Å². The molecule has 2 rings (SSSR count). The van der Waals surface area contributed by atoms with Crippen LogP contribution >= 0.6 is 12.4 Å². The Morgan fingerprint density at radius 1 is 1.30 bits per heavy atom. The molecule has 3 N–H and O–H groups in total. The lowest BCUT2D eigenvalue weighted by molar-refractivity contribution is -0.133. The first kappa shape index (κ1) is 23.2. The van der Waals surface area contributed by atoms with Crippen LogP contribution in [-0.2, 0) is 9.59 Å². The van der Waals surface area contributed by atoms with Gasteiger partial charge in [0.25, 0.3) is 5.91 Å². The number of hydrogen-bond acceptors (Lipinski definition) is 4. The second-order valence-corrected chi connectivity index (χ2v) is 7.18. The first-order chi connectivity index (χ1) is 12.4. The van der Waals surface area contributed by atoms with E-state index in [2.05, 4.69) is 5.32 Å². The Morgan fingerprint density at radius 3 is 2.63 bits per heavy atom. The molecule has 1 aliphatic rings. The fourth-order valence-corrected chi connectivity index (χ4v) is 3.49. The highest BCUT2D eigenvalue weighted by Gasteiger charge is 2.37. The maximum Gasteiger partial charge on any atom is 0.260 e. The fourth-order valence-electron chi connectivity index (χ4n) is 3.49. The summed E-state index contributed by atoms with van der Waals surface area (Å²) in [5, 5.41) is 2.95. The third-order valence-electron chi connectivity index (χ3n) is 5.15. The summed E-state index contributed by atoms with van der Waals surface area (Å²) in [6.45, 7) is 7.14. The highest BCUT2D eigenvalue weighted by molar-refractivity contribution is 5.93. The highest BCUT2D eigenvalue weighted by atomic mass is 35.5. The average molecular weight is 398 g/mol. The number of nitrogens with one attached hydrogen (secondary N) is 1. The van der Waals surface area contributed by atoms with Crippen molar-refractivity contribution in [3.8, 4) is 5.75 Å². The summed E-state index contributed by atoms with van der Waals surface area (Å²) in [5.74, 6) is 0.268. The molecule has 2 unspecified atom stereocenters. The van der Waals surface area contributed by atoms with Gasteiger partial charge in [0, 0.05) is 30.4 Å². The Balaban J connectivity index is 0.00000364. The lowest BCUT2D eigenvalue weighted by Crippen LogP contribution is -2.51. The fraction of sp³-hybridized carbons (Fsp3) is 0.600. The Hall–Kier alpha value is -1.79. The zero-order valence-corrected chi connectivity index (χ0v) is 17.3. The molecule has 0 bridgehead atoms. The molecule has 0 spiro atoms. The second-order valence-electron chi connectivity index (χ2n) is 7.18. The number of rotatable bonds is 7. The lowest BCUT2D eigenvalue weighted by Gasteiger charge is -2.37. The zero-order chi connectivity index (χ0) is 19.2. The van der Waals surface area contributed by atoms with Crippen molar-refractivity contribution in [3.05, 3.63) is 24.3 Å². The molecule has 6 nitrogen and oxygen atoms in total. The van der Waals surface area contributed by atoms with E-state index >= 15 is 0 Å². The molecule has 0 aromatic heterocycles. The van der Waals surface area contributed by atoms with E-state index in [1.165, 1.54) is 0 Å². The Kier molecular flexibility index (Phi) is 9.06. The van der Waals surface area contributed by atoms with Crippen LogP contribution in [-0.4, -0.2) is 41.9 Å².